The van der Waals surface area contributed by atoms with Crippen molar-refractivity contribution in [2.45, 2.75) is 252 Å². The minimum atomic E-state index is -0.814. The van der Waals surface area contributed by atoms with E-state index in [2.05, 4.69) is 191 Å². The van der Waals surface area contributed by atoms with Gasteiger partial charge in [-0.05, 0) is 148 Å². The number of hydrogen-bond donors (Lipinski definition) is 0. The average molecular weight is 1070 g/mol. The van der Waals surface area contributed by atoms with Gasteiger partial charge < -0.3 is 14.2 Å². The number of hydrogen-bond acceptors (Lipinski definition) is 6. The fraction of sp³-hybridized carbons (Fsp3) is 0.569. The molecule has 0 aliphatic heterocycles. The van der Waals surface area contributed by atoms with E-state index in [0.29, 0.717) is 19.3 Å². The van der Waals surface area contributed by atoms with Crippen molar-refractivity contribution in [2.75, 3.05) is 13.2 Å². The highest BCUT2D eigenvalue weighted by atomic mass is 16.6. The molecule has 0 aliphatic carbocycles. The number of rotatable bonds is 54. The van der Waals surface area contributed by atoms with E-state index in [1.807, 2.05) is 0 Å². The minimum absolute atomic E-state index is 0.108. The highest BCUT2D eigenvalue weighted by molar-refractivity contribution is 5.71. The molecule has 78 heavy (non-hydrogen) atoms. The van der Waals surface area contributed by atoms with Crippen LogP contribution in [0.15, 0.2) is 170 Å². The Balaban J connectivity index is 4.36. The van der Waals surface area contributed by atoms with Gasteiger partial charge in [0.2, 0.25) is 0 Å². The number of carbonyl (C=O) groups excluding carboxylic acids is 3. The normalized spacial score (nSPS) is 13.3. The molecule has 0 rings (SSSR count). The maximum atomic E-state index is 12.9. The monoisotopic (exact) mass is 1070 g/mol. The zero-order chi connectivity index (χ0) is 56.4. The van der Waals surface area contributed by atoms with Crippen LogP contribution in [-0.2, 0) is 28.6 Å². The molecule has 6 nitrogen and oxygen atoms in total. The van der Waals surface area contributed by atoms with Crippen LogP contribution >= 0.6 is 0 Å². The molecule has 0 aromatic carbocycles. The first kappa shape index (κ1) is 72.8. The first-order valence-electron chi connectivity index (χ1n) is 31.1. The number of ether oxygens (including phenoxy) is 3. The van der Waals surface area contributed by atoms with Crippen LogP contribution in [0.3, 0.4) is 0 Å². The highest BCUT2D eigenvalue weighted by Gasteiger charge is 2.19. The Kier molecular flexibility index (Phi) is 60.0. The molecule has 0 radical (unpaired) electrons. The zero-order valence-electron chi connectivity index (χ0n) is 49.9. The lowest BCUT2D eigenvalue weighted by Crippen LogP contribution is -2.30. The molecule has 0 amide bonds. The van der Waals surface area contributed by atoms with Gasteiger partial charge in [-0.25, -0.2) is 0 Å². The summed E-state index contributed by atoms with van der Waals surface area (Å²) in [6.07, 6.45) is 95.0. The standard InChI is InChI=1S/C72H112O6/c1-4-7-10-13-16-19-22-24-26-28-30-31-32-33-34-35-36-37-38-39-40-41-43-44-46-48-50-53-56-59-62-65-71(74)77-68-69(67-76-70(73)64-61-58-55-52-21-18-15-12-9-6-3)78-72(75)66-63-60-57-54-51-49-47-45-42-29-27-25-23-20-17-14-11-8-5-2/h7-8,10-12,15-17,19-20,24-27,30-31,33-34,36-37,39-40,42-45,49,51,69H,4-6,9,13-14,18,21-23,28-29,32,35,38,41,46-48,50,52-68H2,1-3H3/b10-7-,11-8-,15-12-,19-16-,20-17-,26-24-,27-25-,31-30-,34-33-,37-36-,40-39-,44-43-,45-42-,51-49-. The quantitative estimate of drug-likeness (QED) is 0.0261. The van der Waals surface area contributed by atoms with Gasteiger partial charge >= 0.3 is 17.9 Å². The van der Waals surface area contributed by atoms with Crippen LogP contribution in [0.25, 0.3) is 0 Å². The summed E-state index contributed by atoms with van der Waals surface area (Å²) in [6.45, 7) is 6.29. The number of carbonyl (C=O) groups is 3. The van der Waals surface area contributed by atoms with Gasteiger partial charge in [0.1, 0.15) is 13.2 Å². The second-order valence-corrected chi connectivity index (χ2v) is 19.8. The fourth-order valence-electron chi connectivity index (χ4n) is 7.84. The Bertz CT molecular complexity index is 1810. The zero-order valence-corrected chi connectivity index (χ0v) is 49.9. The third-order valence-corrected chi connectivity index (χ3v) is 12.4. The molecule has 436 valence electrons. The summed E-state index contributed by atoms with van der Waals surface area (Å²) < 4.78 is 16.8. The van der Waals surface area contributed by atoms with E-state index in [4.69, 9.17) is 14.2 Å². The fourth-order valence-corrected chi connectivity index (χ4v) is 7.84. The smallest absolute Gasteiger partial charge is 0.306 e. The summed E-state index contributed by atoms with van der Waals surface area (Å²) >= 11 is 0. The molecule has 0 saturated carbocycles. The van der Waals surface area contributed by atoms with Crippen molar-refractivity contribution in [1.29, 1.82) is 0 Å². The van der Waals surface area contributed by atoms with Crippen LogP contribution in [0, 0.1) is 0 Å². The summed E-state index contributed by atoms with van der Waals surface area (Å²) in [5, 5.41) is 0. The van der Waals surface area contributed by atoms with Crippen LogP contribution < -0.4 is 0 Å². The Hall–Kier alpha value is -5.23. The van der Waals surface area contributed by atoms with Crippen LogP contribution in [0.2, 0.25) is 0 Å². The maximum Gasteiger partial charge on any atom is 0.306 e. The number of allylic oxidation sites excluding steroid dienone is 28. The molecule has 0 fully saturated rings. The van der Waals surface area contributed by atoms with E-state index in [9.17, 15) is 14.4 Å². The van der Waals surface area contributed by atoms with Crippen molar-refractivity contribution in [3.05, 3.63) is 170 Å². The average Bonchev–Trinajstić information content (AvgIpc) is 3.44. The molecule has 0 N–H and O–H groups in total. The van der Waals surface area contributed by atoms with Gasteiger partial charge in [-0.2, -0.15) is 0 Å². The summed E-state index contributed by atoms with van der Waals surface area (Å²) in [5.74, 6) is -0.974. The molecule has 0 aromatic heterocycles. The Morgan fingerprint density at radius 2 is 0.500 bits per heavy atom. The second kappa shape index (κ2) is 64.3. The third kappa shape index (κ3) is 61.6. The van der Waals surface area contributed by atoms with Crippen LogP contribution in [0.5, 0.6) is 0 Å². The summed E-state index contributed by atoms with van der Waals surface area (Å²) in [4.78, 5) is 38.2. The Morgan fingerprint density at radius 3 is 0.808 bits per heavy atom. The van der Waals surface area contributed by atoms with Crippen molar-refractivity contribution in [3.8, 4) is 0 Å². The summed E-state index contributed by atoms with van der Waals surface area (Å²) in [6, 6.07) is 0. The lowest BCUT2D eigenvalue weighted by Gasteiger charge is -2.18. The lowest BCUT2D eigenvalue weighted by atomic mass is 10.1. The van der Waals surface area contributed by atoms with Crippen molar-refractivity contribution in [1.82, 2.24) is 0 Å². The van der Waals surface area contributed by atoms with Gasteiger partial charge in [0.25, 0.3) is 0 Å². The van der Waals surface area contributed by atoms with E-state index in [1.165, 1.54) is 25.7 Å². The van der Waals surface area contributed by atoms with Gasteiger partial charge in [-0.1, -0.05) is 249 Å². The summed E-state index contributed by atoms with van der Waals surface area (Å²) in [7, 11) is 0. The highest BCUT2D eigenvalue weighted by Crippen LogP contribution is 2.13. The van der Waals surface area contributed by atoms with Gasteiger partial charge in [0.15, 0.2) is 6.10 Å². The van der Waals surface area contributed by atoms with E-state index < -0.39 is 6.10 Å². The lowest BCUT2D eigenvalue weighted by molar-refractivity contribution is -0.167. The molecule has 0 bridgehead atoms. The summed E-state index contributed by atoms with van der Waals surface area (Å²) in [5.41, 5.74) is 0. The molecular formula is C72H112O6. The molecule has 0 aromatic rings. The minimum Gasteiger partial charge on any atom is -0.462 e. The first-order valence-corrected chi connectivity index (χ1v) is 31.1. The molecule has 1 atom stereocenters. The van der Waals surface area contributed by atoms with Crippen molar-refractivity contribution in [2.24, 2.45) is 0 Å². The number of esters is 3. The van der Waals surface area contributed by atoms with E-state index in [0.717, 1.165) is 173 Å². The van der Waals surface area contributed by atoms with Crippen LogP contribution in [0.4, 0.5) is 0 Å². The molecule has 0 heterocycles. The van der Waals surface area contributed by atoms with Crippen molar-refractivity contribution in [3.63, 3.8) is 0 Å². The van der Waals surface area contributed by atoms with E-state index in [1.54, 1.807) is 0 Å². The molecule has 1 unspecified atom stereocenters. The molecule has 6 heteroatoms. The topological polar surface area (TPSA) is 78.9 Å². The predicted molar refractivity (Wildman–Crippen MR) is 338 cm³/mol. The number of unbranched alkanes of at least 4 members (excludes halogenated alkanes) is 15. The molecule has 0 saturated heterocycles. The van der Waals surface area contributed by atoms with Gasteiger partial charge in [0.05, 0.1) is 0 Å². The molecule has 0 aliphatic rings. The van der Waals surface area contributed by atoms with E-state index in [-0.39, 0.29) is 37.5 Å². The van der Waals surface area contributed by atoms with Gasteiger partial charge in [-0.3, -0.25) is 14.4 Å². The Labute approximate surface area is 479 Å². The largest absolute Gasteiger partial charge is 0.462 e. The predicted octanol–water partition coefficient (Wildman–Crippen LogP) is 21.5. The second-order valence-electron chi connectivity index (χ2n) is 19.8. The Morgan fingerprint density at radius 1 is 0.269 bits per heavy atom. The van der Waals surface area contributed by atoms with Crippen LogP contribution in [-0.4, -0.2) is 37.2 Å². The van der Waals surface area contributed by atoms with Gasteiger partial charge in [0, 0.05) is 19.3 Å². The first-order chi connectivity index (χ1) is 38.5. The maximum absolute atomic E-state index is 12.9. The van der Waals surface area contributed by atoms with E-state index >= 15 is 0 Å². The van der Waals surface area contributed by atoms with Crippen molar-refractivity contribution >= 4 is 17.9 Å². The van der Waals surface area contributed by atoms with Gasteiger partial charge in [-0.15, -0.1) is 0 Å². The molecule has 0 spiro atoms. The van der Waals surface area contributed by atoms with Crippen LogP contribution in [0.1, 0.15) is 245 Å². The third-order valence-electron chi connectivity index (χ3n) is 12.4. The molecular weight excluding hydrogens is 961 g/mol. The van der Waals surface area contributed by atoms with Crippen molar-refractivity contribution < 1.29 is 28.6 Å². The SMILES string of the molecule is CC/C=C\C/C=C\C/C=C\C/C=C\C/C=C\C/C=C\C/C=C\C/C=C\CCCCCCCCC(=O)OCC(COC(=O)CCCCCCC/C=C\CCC)OC(=O)CCCCC/C=C\C/C=C\C/C=C\C/C=C\C/C=C\CC.